The molecule has 108 valence electrons. The van der Waals surface area contributed by atoms with Crippen LogP contribution in [-0.2, 0) is 9.59 Å². The van der Waals surface area contributed by atoms with Crippen molar-refractivity contribution in [3.63, 3.8) is 0 Å². The molecule has 1 amide bonds. The van der Waals surface area contributed by atoms with E-state index in [-0.39, 0.29) is 17.8 Å². The lowest BCUT2D eigenvalue weighted by atomic mass is 10.1. The van der Waals surface area contributed by atoms with Gasteiger partial charge in [-0.2, -0.15) is 12.6 Å². The molecule has 0 aliphatic carbocycles. The van der Waals surface area contributed by atoms with Crippen molar-refractivity contribution in [2.75, 3.05) is 18.8 Å². The molecule has 1 aliphatic rings. The van der Waals surface area contributed by atoms with Crippen LogP contribution in [0.4, 0.5) is 0 Å². The van der Waals surface area contributed by atoms with Gasteiger partial charge in [0.05, 0.1) is 0 Å². The summed E-state index contributed by atoms with van der Waals surface area (Å²) in [5.41, 5.74) is 11.1. The molecular weight excluding hydrogens is 268 g/mol. The van der Waals surface area contributed by atoms with Gasteiger partial charge in [0.2, 0.25) is 5.91 Å². The number of amides is 1. The summed E-state index contributed by atoms with van der Waals surface area (Å²) in [5, 5.41) is 8.61. The normalized spacial score (nSPS) is 21.8. The van der Waals surface area contributed by atoms with Crippen molar-refractivity contribution in [3.8, 4) is 0 Å². The van der Waals surface area contributed by atoms with E-state index in [9.17, 15) is 9.59 Å². The summed E-state index contributed by atoms with van der Waals surface area (Å²) < 4.78 is 0. The van der Waals surface area contributed by atoms with Gasteiger partial charge in [0.15, 0.2) is 5.96 Å². The minimum Gasteiger partial charge on any atom is -0.480 e. The van der Waals surface area contributed by atoms with Gasteiger partial charge >= 0.3 is 5.97 Å². The molecule has 1 saturated heterocycles. The van der Waals surface area contributed by atoms with Gasteiger partial charge < -0.3 is 16.6 Å². The number of aliphatic carboxylic acids is 1. The van der Waals surface area contributed by atoms with Crippen molar-refractivity contribution >= 4 is 30.5 Å². The number of carboxylic acid groups (broad SMARTS) is 1. The molecule has 19 heavy (non-hydrogen) atoms. The molecule has 1 heterocycles. The van der Waals surface area contributed by atoms with Gasteiger partial charge in [-0.3, -0.25) is 19.5 Å². The second kappa shape index (κ2) is 7.34. The maximum atomic E-state index is 11.6. The van der Waals surface area contributed by atoms with Crippen LogP contribution >= 0.6 is 12.6 Å². The highest BCUT2D eigenvalue weighted by Gasteiger charge is 2.30. The van der Waals surface area contributed by atoms with Crippen molar-refractivity contribution in [3.05, 3.63) is 0 Å². The fraction of sp³-hybridized carbons (Fsp3) is 0.727. The van der Waals surface area contributed by atoms with E-state index >= 15 is 0 Å². The van der Waals surface area contributed by atoms with Crippen LogP contribution in [0.3, 0.4) is 0 Å². The molecule has 0 radical (unpaired) electrons. The van der Waals surface area contributed by atoms with E-state index in [1.165, 1.54) is 4.90 Å². The lowest BCUT2D eigenvalue weighted by Gasteiger charge is -2.15. The lowest BCUT2D eigenvalue weighted by molar-refractivity contribution is -0.138. The van der Waals surface area contributed by atoms with E-state index < -0.39 is 12.0 Å². The van der Waals surface area contributed by atoms with Gasteiger partial charge in [-0.15, -0.1) is 0 Å². The summed E-state index contributed by atoms with van der Waals surface area (Å²) in [5.74, 6) is -0.0165. The number of likely N-dealkylation sites (tertiary alicyclic amines) is 1. The van der Waals surface area contributed by atoms with E-state index in [0.717, 1.165) is 0 Å². The first kappa shape index (κ1) is 15.8. The quantitative estimate of drug-likeness (QED) is 0.222. The van der Waals surface area contributed by atoms with Crippen LogP contribution in [0.2, 0.25) is 0 Å². The number of hydrogen-bond donors (Lipinski definition) is 4. The number of carboxylic acids is 1. The van der Waals surface area contributed by atoms with E-state index in [1.807, 2.05) is 0 Å². The first-order valence-corrected chi connectivity index (χ1v) is 6.78. The Labute approximate surface area is 117 Å². The van der Waals surface area contributed by atoms with Crippen LogP contribution in [-0.4, -0.2) is 52.7 Å². The number of hydrogen-bond acceptors (Lipinski definition) is 5. The topological polar surface area (TPSA) is 122 Å². The number of aliphatic imine (C=N–C) groups is 1. The second-order valence-corrected chi connectivity index (χ2v) is 4.95. The molecule has 8 heteroatoms. The SMILES string of the molecule is NC(=NCCC[C@H](N)C(=O)O)N1CC(CS)CC1=O. The molecule has 1 unspecified atom stereocenters. The Morgan fingerprint density at radius 2 is 2.32 bits per heavy atom. The smallest absolute Gasteiger partial charge is 0.320 e. The summed E-state index contributed by atoms with van der Waals surface area (Å²) in [6.07, 6.45) is 1.30. The number of guanidine groups is 1. The summed E-state index contributed by atoms with van der Waals surface area (Å²) in [4.78, 5) is 27.7. The van der Waals surface area contributed by atoms with Crippen molar-refractivity contribution in [1.82, 2.24) is 4.90 Å². The summed E-state index contributed by atoms with van der Waals surface area (Å²) in [6.45, 7) is 0.911. The minimum atomic E-state index is -1.02. The predicted molar refractivity (Wildman–Crippen MR) is 75.0 cm³/mol. The molecule has 0 saturated carbocycles. The van der Waals surface area contributed by atoms with Gasteiger partial charge in [-0.25, -0.2) is 0 Å². The highest BCUT2D eigenvalue weighted by molar-refractivity contribution is 7.80. The van der Waals surface area contributed by atoms with Crippen LogP contribution in [0.15, 0.2) is 4.99 Å². The van der Waals surface area contributed by atoms with Crippen LogP contribution in [0.25, 0.3) is 0 Å². The lowest BCUT2D eigenvalue weighted by Crippen LogP contribution is -2.38. The van der Waals surface area contributed by atoms with Crippen LogP contribution in [0.1, 0.15) is 19.3 Å². The van der Waals surface area contributed by atoms with Crippen molar-refractivity contribution in [2.45, 2.75) is 25.3 Å². The first-order chi connectivity index (χ1) is 8.95. The summed E-state index contributed by atoms with van der Waals surface area (Å²) >= 11 is 4.16. The van der Waals surface area contributed by atoms with Crippen molar-refractivity contribution < 1.29 is 14.7 Å². The molecule has 0 aromatic carbocycles. The van der Waals surface area contributed by atoms with Gasteiger partial charge in [0.1, 0.15) is 6.04 Å². The average molecular weight is 288 g/mol. The van der Waals surface area contributed by atoms with E-state index in [1.54, 1.807) is 0 Å². The number of rotatable bonds is 6. The van der Waals surface area contributed by atoms with E-state index in [4.69, 9.17) is 16.6 Å². The first-order valence-electron chi connectivity index (χ1n) is 6.15. The standard InChI is InChI=1S/C11H20N4O3S/c12-8(10(17)18)2-1-3-14-11(13)15-5-7(6-19)4-9(15)16/h7-8,19H,1-6,12H2,(H2,13,14)(H,17,18)/t7?,8-/m0/s1. The largest absolute Gasteiger partial charge is 0.480 e. The van der Waals surface area contributed by atoms with Gasteiger partial charge in [-0.1, -0.05) is 0 Å². The Morgan fingerprint density at radius 3 is 2.84 bits per heavy atom. The molecule has 1 aliphatic heterocycles. The fourth-order valence-electron chi connectivity index (χ4n) is 1.84. The Balaban J connectivity index is 2.37. The molecule has 1 fully saturated rings. The zero-order chi connectivity index (χ0) is 14.4. The van der Waals surface area contributed by atoms with Crippen molar-refractivity contribution in [1.29, 1.82) is 0 Å². The average Bonchev–Trinajstić information content (AvgIpc) is 2.75. The number of carbonyl (C=O) groups is 2. The predicted octanol–water partition coefficient (Wildman–Crippen LogP) is -0.728. The maximum absolute atomic E-state index is 11.6. The highest BCUT2D eigenvalue weighted by Crippen LogP contribution is 2.18. The number of nitrogens with two attached hydrogens (primary N) is 2. The molecule has 0 spiro atoms. The van der Waals surface area contributed by atoms with E-state index in [0.29, 0.717) is 38.1 Å². The fourth-order valence-corrected chi connectivity index (χ4v) is 2.08. The molecule has 2 atom stereocenters. The zero-order valence-corrected chi connectivity index (χ0v) is 11.6. The minimum absolute atomic E-state index is 0.0393. The molecular formula is C11H20N4O3S. The maximum Gasteiger partial charge on any atom is 0.320 e. The monoisotopic (exact) mass is 288 g/mol. The Kier molecular flexibility index (Phi) is 6.10. The Morgan fingerprint density at radius 1 is 1.63 bits per heavy atom. The number of thiol groups is 1. The zero-order valence-electron chi connectivity index (χ0n) is 10.7. The van der Waals surface area contributed by atoms with Gasteiger partial charge in [-0.05, 0) is 24.5 Å². The third kappa shape index (κ3) is 4.71. The van der Waals surface area contributed by atoms with Crippen LogP contribution in [0, 0.1) is 5.92 Å². The molecule has 0 aromatic rings. The number of carbonyl (C=O) groups excluding carboxylic acids is 1. The molecule has 0 bridgehead atoms. The molecule has 0 aromatic heterocycles. The summed E-state index contributed by atoms with van der Waals surface area (Å²) in [7, 11) is 0. The third-order valence-electron chi connectivity index (χ3n) is 3.00. The Bertz CT molecular complexity index is 375. The number of nitrogens with zero attached hydrogens (tertiary/aromatic N) is 2. The summed E-state index contributed by atoms with van der Waals surface area (Å²) in [6, 6.07) is -0.876. The molecule has 5 N–H and O–H groups in total. The van der Waals surface area contributed by atoms with Crippen LogP contribution in [0.5, 0.6) is 0 Å². The third-order valence-corrected chi connectivity index (χ3v) is 3.52. The van der Waals surface area contributed by atoms with Crippen molar-refractivity contribution in [2.24, 2.45) is 22.4 Å². The van der Waals surface area contributed by atoms with Crippen LogP contribution < -0.4 is 11.5 Å². The van der Waals surface area contributed by atoms with Gasteiger partial charge in [0, 0.05) is 19.5 Å². The molecule has 7 nitrogen and oxygen atoms in total. The van der Waals surface area contributed by atoms with E-state index in [2.05, 4.69) is 17.6 Å². The second-order valence-electron chi connectivity index (χ2n) is 4.58. The highest BCUT2D eigenvalue weighted by atomic mass is 32.1. The van der Waals surface area contributed by atoms with Gasteiger partial charge in [0.25, 0.3) is 0 Å². The molecule has 1 rings (SSSR count). The Hall–Kier alpha value is -1.28.